The maximum absolute atomic E-state index is 6.30. The molecule has 86 valence electrons. The monoisotopic (exact) mass is 369 g/mol. The summed E-state index contributed by atoms with van der Waals surface area (Å²) in [6.07, 6.45) is 0. The summed E-state index contributed by atoms with van der Waals surface area (Å²) >= 11 is 14.6. The summed E-state index contributed by atoms with van der Waals surface area (Å²) in [5.41, 5.74) is 2.47. The van der Waals surface area contributed by atoms with Gasteiger partial charge in [0.15, 0.2) is 5.65 Å². The Balaban J connectivity index is 2.89. The number of aryl methyl sites for hydroxylation is 1. The third-order valence-corrected chi connectivity index (χ3v) is 4.29. The number of aromatic nitrogens is 3. The molecule has 2 heterocycles. The van der Waals surface area contributed by atoms with E-state index in [0.29, 0.717) is 10.3 Å². The van der Waals surface area contributed by atoms with Crippen LogP contribution in [0.15, 0.2) is 0 Å². The molecule has 0 fully saturated rings. The smallest absolute Gasteiger partial charge is 0.172 e. The first-order chi connectivity index (χ1) is 7.43. The van der Waals surface area contributed by atoms with Crippen molar-refractivity contribution < 1.29 is 0 Å². The number of hydrogen-bond acceptors (Lipinski definition) is 2. The number of nitrogens with zero attached hydrogens (tertiary/aromatic N) is 3. The van der Waals surface area contributed by atoms with E-state index in [9.17, 15) is 0 Å². The van der Waals surface area contributed by atoms with Gasteiger partial charge in [0.05, 0.1) is 9.26 Å². The van der Waals surface area contributed by atoms with Crippen molar-refractivity contribution in [2.24, 2.45) is 0 Å². The Bertz CT molecular complexity index is 563. The van der Waals surface area contributed by atoms with Gasteiger partial charge < -0.3 is 0 Å². The lowest BCUT2D eigenvalue weighted by atomic mass is 10.1. The highest BCUT2D eigenvalue weighted by Crippen LogP contribution is 2.32. The summed E-state index contributed by atoms with van der Waals surface area (Å²) in [5, 5.41) is 5.37. The third kappa shape index (κ3) is 1.80. The fourth-order valence-electron chi connectivity index (χ4n) is 1.56. The summed E-state index contributed by atoms with van der Waals surface area (Å²) in [7, 11) is 0. The molecule has 0 aliphatic carbocycles. The Morgan fingerprint density at radius 2 is 1.94 bits per heavy atom. The standard InChI is InChI=1S/C10H10Cl2IN3/c1-4(2)6-8(11)14-10-7(13)5(3)15-16(10)9(6)12/h4H,1-3H3. The highest BCUT2D eigenvalue weighted by molar-refractivity contribution is 14.1. The molecular formula is C10H10Cl2IN3. The zero-order valence-corrected chi connectivity index (χ0v) is 12.7. The first-order valence-electron chi connectivity index (χ1n) is 4.83. The molecule has 6 heteroatoms. The minimum Gasteiger partial charge on any atom is -0.215 e. The Hall–Kier alpha value is -0.0700. The van der Waals surface area contributed by atoms with Gasteiger partial charge in [0.2, 0.25) is 0 Å². The molecule has 0 saturated carbocycles. The molecule has 2 aromatic heterocycles. The molecule has 0 N–H and O–H groups in total. The highest BCUT2D eigenvalue weighted by atomic mass is 127. The average Bonchev–Trinajstić information content (AvgIpc) is 2.45. The van der Waals surface area contributed by atoms with Gasteiger partial charge >= 0.3 is 0 Å². The van der Waals surface area contributed by atoms with Gasteiger partial charge in [-0.25, -0.2) is 9.50 Å². The normalized spacial score (nSPS) is 11.7. The Morgan fingerprint density at radius 1 is 1.31 bits per heavy atom. The molecule has 3 nitrogen and oxygen atoms in total. The van der Waals surface area contributed by atoms with Crippen LogP contribution in [0.4, 0.5) is 0 Å². The summed E-state index contributed by atoms with van der Waals surface area (Å²) < 4.78 is 2.64. The quantitative estimate of drug-likeness (QED) is 0.560. The zero-order valence-electron chi connectivity index (χ0n) is 9.05. The van der Waals surface area contributed by atoms with E-state index in [4.69, 9.17) is 23.2 Å². The molecule has 16 heavy (non-hydrogen) atoms. The lowest BCUT2D eigenvalue weighted by Gasteiger charge is -2.10. The van der Waals surface area contributed by atoms with Gasteiger partial charge in [0.25, 0.3) is 0 Å². The van der Waals surface area contributed by atoms with E-state index in [-0.39, 0.29) is 5.92 Å². The van der Waals surface area contributed by atoms with Crippen LogP contribution in [0.25, 0.3) is 5.65 Å². The molecule has 0 aliphatic heterocycles. The molecular weight excluding hydrogens is 360 g/mol. The maximum Gasteiger partial charge on any atom is 0.172 e. The maximum atomic E-state index is 6.30. The number of halogens is 3. The largest absolute Gasteiger partial charge is 0.215 e. The molecule has 2 rings (SSSR count). The summed E-state index contributed by atoms with van der Waals surface area (Å²) in [4.78, 5) is 4.35. The molecule has 0 atom stereocenters. The summed E-state index contributed by atoms with van der Waals surface area (Å²) in [6, 6.07) is 0. The number of hydrogen-bond donors (Lipinski definition) is 0. The molecule has 0 unspecified atom stereocenters. The Morgan fingerprint density at radius 3 is 2.50 bits per heavy atom. The molecule has 0 radical (unpaired) electrons. The predicted molar refractivity (Wildman–Crippen MR) is 74.6 cm³/mol. The number of rotatable bonds is 1. The van der Waals surface area contributed by atoms with E-state index < -0.39 is 0 Å². The number of fused-ring (bicyclic) bond motifs is 1. The molecule has 0 aliphatic rings. The summed E-state index contributed by atoms with van der Waals surface area (Å²) in [5.74, 6) is 0.221. The second-order valence-electron chi connectivity index (χ2n) is 3.90. The van der Waals surface area contributed by atoms with Gasteiger partial charge in [-0.05, 0) is 35.4 Å². The first-order valence-corrected chi connectivity index (χ1v) is 6.66. The van der Waals surface area contributed by atoms with Crippen molar-refractivity contribution >= 4 is 51.4 Å². The van der Waals surface area contributed by atoms with Crippen molar-refractivity contribution in [3.8, 4) is 0 Å². The van der Waals surface area contributed by atoms with Crippen LogP contribution in [-0.2, 0) is 0 Å². The molecule has 0 spiro atoms. The second-order valence-corrected chi connectivity index (χ2v) is 5.69. The molecule has 0 aromatic carbocycles. The van der Waals surface area contributed by atoms with E-state index in [1.54, 1.807) is 4.52 Å². The lowest BCUT2D eigenvalue weighted by molar-refractivity contribution is 0.818. The average molecular weight is 370 g/mol. The third-order valence-electron chi connectivity index (χ3n) is 2.38. The van der Waals surface area contributed by atoms with E-state index in [0.717, 1.165) is 20.5 Å². The van der Waals surface area contributed by atoms with Crippen LogP contribution in [-0.4, -0.2) is 14.6 Å². The topological polar surface area (TPSA) is 30.2 Å². The van der Waals surface area contributed by atoms with Gasteiger partial charge in [0, 0.05) is 5.56 Å². The molecule has 0 amide bonds. The predicted octanol–water partition coefficient (Wildman–Crippen LogP) is 4.07. The van der Waals surface area contributed by atoms with Gasteiger partial charge in [0.1, 0.15) is 10.3 Å². The molecule has 0 saturated heterocycles. The van der Waals surface area contributed by atoms with Crippen molar-refractivity contribution in [3.05, 3.63) is 25.1 Å². The van der Waals surface area contributed by atoms with Crippen molar-refractivity contribution in [1.29, 1.82) is 0 Å². The van der Waals surface area contributed by atoms with Crippen molar-refractivity contribution in [3.63, 3.8) is 0 Å². The van der Waals surface area contributed by atoms with Gasteiger partial charge in [-0.15, -0.1) is 0 Å². The van der Waals surface area contributed by atoms with Crippen LogP contribution in [0, 0.1) is 10.5 Å². The van der Waals surface area contributed by atoms with Gasteiger partial charge in [-0.2, -0.15) is 5.10 Å². The van der Waals surface area contributed by atoms with Crippen molar-refractivity contribution in [1.82, 2.24) is 14.6 Å². The van der Waals surface area contributed by atoms with Crippen LogP contribution in [0.2, 0.25) is 10.3 Å². The lowest BCUT2D eigenvalue weighted by Crippen LogP contribution is -2.01. The van der Waals surface area contributed by atoms with Crippen LogP contribution in [0.3, 0.4) is 0 Å². The van der Waals surface area contributed by atoms with Gasteiger partial charge in [-0.3, -0.25) is 0 Å². The Labute approximate surface area is 117 Å². The second kappa shape index (κ2) is 4.31. The van der Waals surface area contributed by atoms with E-state index in [1.807, 2.05) is 20.8 Å². The van der Waals surface area contributed by atoms with Crippen LogP contribution in [0.1, 0.15) is 31.0 Å². The fourth-order valence-corrected chi connectivity index (χ4v) is 2.88. The van der Waals surface area contributed by atoms with Crippen LogP contribution in [0.5, 0.6) is 0 Å². The fraction of sp³-hybridized carbons (Fsp3) is 0.400. The summed E-state index contributed by atoms with van der Waals surface area (Å²) in [6.45, 7) is 5.99. The minimum atomic E-state index is 0.221. The SMILES string of the molecule is Cc1nn2c(Cl)c(C(C)C)c(Cl)nc2c1I. The van der Waals surface area contributed by atoms with Crippen molar-refractivity contribution in [2.75, 3.05) is 0 Å². The van der Waals surface area contributed by atoms with Crippen LogP contribution >= 0.6 is 45.8 Å². The van der Waals surface area contributed by atoms with Crippen molar-refractivity contribution in [2.45, 2.75) is 26.7 Å². The van der Waals surface area contributed by atoms with E-state index >= 15 is 0 Å². The van der Waals surface area contributed by atoms with Gasteiger partial charge in [-0.1, -0.05) is 37.0 Å². The highest BCUT2D eigenvalue weighted by Gasteiger charge is 2.19. The van der Waals surface area contributed by atoms with Crippen LogP contribution < -0.4 is 0 Å². The Kier molecular flexibility index (Phi) is 3.34. The van der Waals surface area contributed by atoms with E-state index in [2.05, 4.69) is 32.7 Å². The van der Waals surface area contributed by atoms with E-state index in [1.165, 1.54) is 0 Å². The zero-order chi connectivity index (χ0) is 12.0. The first kappa shape index (κ1) is 12.4. The minimum absolute atomic E-state index is 0.221. The molecule has 0 bridgehead atoms. The molecule has 2 aromatic rings.